The molecule has 0 atom stereocenters. The van der Waals surface area contributed by atoms with E-state index in [2.05, 4.69) is 28.8 Å². The maximum Gasteiger partial charge on any atom is 0.249 e. The summed E-state index contributed by atoms with van der Waals surface area (Å²) in [4.78, 5) is 12.3. The Labute approximate surface area is 208 Å². The lowest BCUT2D eigenvalue weighted by atomic mass is 10.0. The van der Waals surface area contributed by atoms with E-state index in [1.165, 1.54) is 0 Å². The average molecular weight is 472 g/mol. The summed E-state index contributed by atoms with van der Waals surface area (Å²) in [6, 6.07) is 35.0. The van der Waals surface area contributed by atoms with Gasteiger partial charge in [-0.2, -0.15) is 0 Å². The van der Waals surface area contributed by atoms with E-state index in [0.29, 0.717) is 18.7 Å². The minimum Gasteiger partial charge on any atom is -0.489 e. The van der Waals surface area contributed by atoms with Crippen molar-refractivity contribution in [2.75, 3.05) is 0 Å². The third-order valence-electron chi connectivity index (χ3n) is 6.38. The Morgan fingerprint density at radius 2 is 1.72 bits per heavy atom. The van der Waals surface area contributed by atoms with E-state index in [9.17, 15) is 4.79 Å². The number of ether oxygens (including phenoxy) is 1. The Hall–Kier alpha value is -4.77. The second-order valence-electron chi connectivity index (χ2n) is 8.69. The van der Waals surface area contributed by atoms with Crippen molar-refractivity contribution >= 4 is 27.7 Å². The lowest BCUT2D eigenvalue weighted by Gasteiger charge is -2.11. The van der Waals surface area contributed by atoms with E-state index in [-0.39, 0.29) is 0 Å². The van der Waals surface area contributed by atoms with Crippen molar-refractivity contribution in [2.45, 2.75) is 13.2 Å². The van der Waals surface area contributed by atoms with Gasteiger partial charge < -0.3 is 19.5 Å². The van der Waals surface area contributed by atoms with Crippen LogP contribution in [0.5, 0.6) is 5.75 Å². The molecule has 5 heteroatoms. The van der Waals surface area contributed by atoms with Gasteiger partial charge in [-0.25, -0.2) is 0 Å². The molecule has 1 amide bonds. The number of benzene rings is 4. The molecule has 2 aromatic heterocycles. The highest BCUT2D eigenvalue weighted by atomic mass is 16.5. The normalized spacial score (nSPS) is 11.2. The van der Waals surface area contributed by atoms with E-state index in [0.717, 1.165) is 50.0 Å². The summed E-state index contributed by atoms with van der Waals surface area (Å²) in [6.07, 6.45) is 1.65. The molecule has 0 saturated carbocycles. The Bertz CT molecular complexity index is 1670. The summed E-state index contributed by atoms with van der Waals surface area (Å²) in [7, 11) is 0. The first kappa shape index (κ1) is 21.7. The van der Waals surface area contributed by atoms with Crippen LogP contribution in [0.2, 0.25) is 0 Å². The van der Waals surface area contributed by atoms with Gasteiger partial charge in [-0.15, -0.1) is 0 Å². The van der Waals surface area contributed by atoms with Crippen LogP contribution in [0.25, 0.3) is 33.1 Å². The van der Waals surface area contributed by atoms with E-state index >= 15 is 0 Å². The van der Waals surface area contributed by atoms with Crippen LogP contribution in [-0.2, 0) is 13.2 Å². The number of rotatable bonds is 7. The van der Waals surface area contributed by atoms with Gasteiger partial charge >= 0.3 is 0 Å². The Kier molecular flexibility index (Phi) is 5.51. The number of fused-ring (bicyclic) bond motifs is 3. The predicted molar refractivity (Wildman–Crippen MR) is 141 cm³/mol. The van der Waals surface area contributed by atoms with Crippen LogP contribution in [0.3, 0.4) is 0 Å². The van der Waals surface area contributed by atoms with Gasteiger partial charge in [0.25, 0.3) is 0 Å². The number of hydrogen-bond donors (Lipinski definition) is 1. The molecule has 2 N–H and O–H groups in total. The first-order chi connectivity index (χ1) is 17.7. The molecule has 1 radical (unpaired) electrons. The fourth-order valence-corrected chi connectivity index (χ4v) is 4.63. The first-order valence-corrected chi connectivity index (χ1v) is 11.7. The fourth-order valence-electron chi connectivity index (χ4n) is 4.63. The minimum atomic E-state index is -0.455. The zero-order chi connectivity index (χ0) is 24.5. The Balaban J connectivity index is 1.39. The molecular weight excluding hydrogens is 448 g/mol. The highest BCUT2D eigenvalue weighted by Gasteiger charge is 2.18. The van der Waals surface area contributed by atoms with Gasteiger partial charge in [0.2, 0.25) is 5.91 Å². The largest absolute Gasteiger partial charge is 0.489 e. The average Bonchev–Trinajstić information content (AvgIpc) is 3.56. The second-order valence-corrected chi connectivity index (χ2v) is 8.69. The second kappa shape index (κ2) is 9.12. The van der Waals surface area contributed by atoms with Crippen molar-refractivity contribution < 1.29 is 13.9 Å². The summed E-state index contributed by atoms with van der Waals surface area (Å²) in [6.45, 7) is 1.13. The Morgan fingerprint density at radius 3 is 2.47 bits per heavy atom. The molecule has 0 unspecified atom stereocenters. The van der Waals surface area contributed by atoms with Crippen LogP contribution in [0, 0.1) is 6.07 Å². The summed E-state index contributed by atoms with van der Waals surface area (Å²) in [5.41, 5.74) is 11.3. The van der Waals surface area contributed by atoms with Crippen LogP contribution in [0.15, 0.2) is 108 Å². The molecular formula is C31H23N2O3. The van der Waals surface area contributed by atoms with Crippen molar-refractivity contribution in [2.24, 2.45) is 5.73 Å². The lowest BCUT2D eigenvalue weighted by molar-refractivity contribution is 0.100. The maximum absolute atomic E-state index is 12.3. The molecule has 0 aliphatic carbocycles. The molecule has 6 aromatic rings. The Morgan fingerprint density at radius 1 is 0.889 bits per heavy atom. The molecule has 0 spiro atoms. The van der Waals surface area contributed by atoms with Crippen molar-refractivity contribution in [1.29, 1.82) is 0 Å². The van der Waals surface area contributed by atoms with E-state index in [4.69, 9.17) is 14.9 Å². The quantitative estimate of drug-likeness (QED) is 0.286. The monoisotopic (exact) mass is 471 g/mol. The van der Waals surface area contributed by atoms with Gasteiger partial charge in [-0.1, -0.05) is 48.5 Å². The highest BCUT2D eigenvalue weighted by Crippen LogP contribution is 2.35. The molecule has 6 rings (SSSR count). The summed E-state index contributed by atoms with van der Waals surface area (Å²) < 4.78 is 13.8. The number of amides is 1. The van der Waals surface area contributed by atoms with Crippen molar-refractivity contribution in [3.8, 4) is 17.1 Å². The topological polar surface area (TPSA) is 70.4 Å². The molecule has 2 heterocycles. The van der Waals surface area contributed by atoms with Gasteiger partial charge in [0, 0.05) is 28.4 Å². The molecule has 0 aliphatic heterocycles. The number of nitrogens with zero attached hydrogens (tertiary/aromatic N) is 1. The number of primary amides is 1. The number of hydrogen-bond acceptors (Lipinski definition) is 3. The van der Waals surface area contributed by atoms with Crippen LogP contribution in [-0.4, -0.2) is 10.5 Å². The number of aromatic nitrogens is 1. The SMILES string of the molecule is NC(=O)c1cccc2c1c1[c]cc(-c3ccco3)cc1n2Cc1ccc(OCc2ccccc2)cc1. The molecule has 175 valence electrons. The summed E-state index contributed by atoms with van der Waals surface area (Å²) in [5, 5.41) is 1.67. The predicted octanol–water partition coefficient (Wildman–Crippen LogP) is 6.58. The molecule has 0 aliphatic rings. The fraction of sp³-hybridized carbons (Fsp3) is 0.0645. The van der Waals surface area contributed by atoms with E-state index in [1.54, 1.807) is 12.3 Å². The third kappa shape index (κ3) is 4.01. The van der Waals surface area contributed by atoms with Crippen LogP contribution in [0.1, 0.15) is 21.5 Å². The van der Waals surface area contributed by atoms with Gasteiger partial charge in [-0.05, 0) is 65.7 Å². The third-order valence-corrected chi connectivity index (χ3v) is 6.38. The van der Waals surface area contributed by atoms with Crippen molar-refractivity contribution in [3.63, 3.8) is 0 Å². The standard InChI is InChI=1S/C31H23N2O3/c32-31(34)26-8-4-9-27-30(26)25-16-13-23(29-10-5-17-35-29)18-28(25)33(27)19-21-11-14-24(15-12-21)36-20-22-6-2-1-3-7-22/h1-15,17-18H,19-20H2,(H2,32,34). The number of furan rings is 1. The first-order valence-electron chi connectivity index (χ1n) is 11.7. The molecule has 4 aromatic carbocycles. The van der Waals surface area contributed by atoms with Crippen LogP contribution < -0.4 is 10.5 Å². The van der Waals surface area contributed by atoms with E-state index < -0.39 is 5.91 Å². The molecule has 0 saturated heterocycles. The molecule has 0 bridgehead atoms. The molecule has 5 nitrogen and oxygen atoms in total. The van der Waals surface area contributed by atoms with Gasteiger partial charge in [0.05, 0.1) is 17.3 Å². The van der Waals surface area contributed by atoms with E-state index in [1.807, 2.05) is 72.8 Å². The minimum absolute atomic E-state index is 0.455. The maximum atomic E-state index is 12.3. The zero-order valence-electron chi connectivity index (χ0n) is 19.5. The molecule has 36 heavy (non-hydrogen) atoms. The zero-order valence-corrected chi connectivity index (χ0v) is 19.5. The number of nitrogens with two attached hydrogens (primary N) is 1. The van der Waals surface area contributed by atoms with Gasteiger partial charge in [0.15, 0.2) is 0 Å². The number of carbonyl (C=O) groups excluding carboxylic acids is 1. The highest BCUT2D eigenvalue weighted by molar-refractivity contribution is 6.18. The lowest BCUT2D eigenvalue weighted by Crippen LogP contribution is -2.11. The smallest absolute Gasteiger partial charge is 0.249 e. The van der Waals surface area contributed by atoms with Crippen molar-refractivity contribution in [3.05, 3.63) is 126 Å². The summed E-state index contributed by atoms with van der Waals surface area (Å²) >= 11 is 0. The van der Waals surface area contributed by atoms with Crippen molar-refractivity contribution in [1.82, 2.24) is 4.57 Å². The van der Waals surface area contributed by atoms with Crippen LogP contribution >= 0.6 is 0 Å². The van der Waals surface area contributed by atoms with Crippen LogP contribution in [0.4, 0.5) is 0 Å². The van der Waals surface area contributed by atoms with Gasteiger partial charge in [0.1, 0.15) is 18.1 Å². The molecule has 0 fully saturated rings. The summed E-state index contributed by atoms with van der Waals surface area (Å²) in [5.74, 6) is 1.12. The number of carbonyl (C=O) groups is 1. The van der Waals surface area contributed by atoms with Gasteiger partial charge in [-0.3, -0.25) is 4.79 Å².